The highest BCUT2D eigenvalue weighted by atomic mass is 35.5. The topological polar surface area (TPSA) is 77.8 Å². The summed E-state index contributed by atoms with van der Waals surface area (Å²) in [5.74, 6) is -1.44. The van der Waals surface area contributed by atoms with Crippen LogP contribution in [0.25, 0.3) is 0 Å². The molecule has 102 valence electrons. The number of rotatable bonds is 2. The Labute approximate surface area is 119 Å². The molecule has 0 bridgehead atoms. The smallest absolute Gasteiger partial charge is 0.327 e. The molecule has 7 heteroatoms. The number of thioether (sulfide) groups is 1. The molecule has 1 amide bonds. The second kappa shape index (κ2) is 5.30. The second-order valence-electron chi connectivity index (χ2n) is 4.16. The molecule has 1 aromatic carbocycles. The van der Waals surface area contributed by atoms with Gasteiger partial charge in [-0.15, -0.1) is 11.8 Å². The summed E-state index contributed by atoms with van der Waals surface area (Å²) in [5, 5.41) is 18.9. The monoisotopic (exact) mass is 301 g/mol. The highest BCUT2D eigenvalue weighted by Crippen LogP contribution is 2.32. The SMILES string of the molecule is CC1SCC(C(=O)O)N1C(=O)c1ccc(Cl)cc1O. The molecule has 1 fully saturated rings. The number of hydrogen-bond acceptors (Lipinski definition) is 4. The molecule has 2 N–H and O–H groups in total. The van der Waals surface area contributed by atoms with Gasteiger partial charge in [-0.1, -0.05) is 11.6 Å². The lowest BCUT2D eigenvalue weighted by Gasteiger charge is -2.25. The van der Waals surface area contributed by atoms with E-state index in [9.17, 15) is 14.7 Å². The zero-order valence-electron chi connectivity index (χ0n) is 10.0. The van der Waals surface area contributed by atoms with Gasteiger partial charge in [0, 0.05) is 10.8 Å². The van der Waals surface area contributed by atoms with Crippen molar-refractivity contribution in [3.63, 3.8) is 0 Å². The summed E-state index contributed by atoms with van der Waals surface area (Å²) in [5.41, 5.74) is 0.0602. The van der Waals surface area contributed by atoms with Gasteiger partial charge in [0.15, 0.2) is 0 Å². The average molecular weight is 302 g/mol. The maximum Gasteiger partial charge on any atom is 0.327 e. The highest BCUT2D eigenvalue weighted by molar-refractivity contribution is 8.00. The molecule has 1 saturated heterocycles. The van der Waals surface area contributed by atoms with Crippen LogP contribution >= 0.6 is 23.4 Å². The number of carbonyl (C=O) groups is 2. The molecular formula is C12H12ClNO4S. The number of carbonyl (C=O) groups excluding carboxylic acids is 1. The van der Waals surface area contributed by atoms with Crippen molar-refractivity contribution in [2.45, 2.75) is 18.3 Å². The molecule has 2 rings (SSSR count). The predicted molar refractivity (Wildman–Crippen MR) is 72.6 cm³/mol. The van der Waals surface area contributed by atoms with E-state index in [1.54, 1.807) is 6.92 Å². The van der Waals surface area contributed by atoms with E-state index in [1.807, 2.05) is 0 Å². The molecular weight excluding hydrogens is 290 g/mol. The van der Waals surface area contributed by atoms with Crippen LogP contribution < -0.4 is 0 Å². The third-order valence-electron chi connectivity index (χ3n) is 2.93. The second-order valence-corrected chi connectivity index (χ2v) is 5.95. The van der Waals surface area contributed by atoms with Gasteiger partial charge in [-0.3, -0.25) is 4.79 Å². The van der Waals surface area contributed by atoms with Crippen LogP contribution in [0, 0.1) is 0 Å². The molecule has 1 aliphatic rings. The van der Waals surface area contributed by atoms with E-state index >= 15 is 0 Å². The number of carboxylic acids is 1. The fraction of sp³-hybridized carbons (Fsp3) is 0.333. The van der Waals surface area contributed by atoms with Crippen LogP contribution in [-0.4, -0.2) is 44.2 Å². The molecule has 0 aromatic heterocycles. The number of halogens is 1. The first-order valence-electron chi connectivity index (χ1n) is 5.57. The largest absolute Gasteiger partial charge is 0.507 e. The maximum atomic E-state index is 12.4. The fourth-order valence-electron chi connectivity index (χ4n) is 1.97. The van der Waals surface area contributed by atoms with Crippen molar-refractivity contribution in [1.82, 2.24) is 4.90 Å². The molecule has 0 saturated carbocycles. The molecule has 2 atom stereocenters. The lowest BCUT2D eigenvalue weighted by Crippen LogP contribution is -2.44. The Kier molecular flexibility index (Phi) is 3.91. The van der Waals surface area contributed by atoms with Crippen LogP contribution in [0.1, 0.15) is 17.3 Å². The van der Waals surface area contributed by atoms with E-state index in [-0.39, 0.29) is 16.7 Å². The molecule has 0 spiro atoms. The third-order valence-corrected chi connectivity index (χ3v) is 4.39. The van der Waals surface area contributed by atoms with Crippen molar-refractivity contribution in [3.8, 4) is 5.75 Å². The molecule has 0 aliphatic carbocycles. The number of phenolic OH excluding ortho intramolecular Hbond substituents is 1. The van der Waals surface area contributed by atoms with Gasteiger partial charge >= 0.3 is 5.97 Å². The van der Waals surface area contributed by atoms with Gasteiger partial charge in [-0.25, -0.2) is 4.79 Å². The van der Waals surface area contributed by atoms with Gasteiger partial charge < -0.3 is 15.1 Å². The first-order chi connectivity index (χ1) is 8.91. The Morgan fingerprint density at radius 1 is 1.47 bits per heavy atom. The first kappa shape index (κ1) is 14.0. The minimum atomic E-state index is -1.04. The van der Waals surface area contributed by atoms with Gasteiger partial charge in [-0.05, 0) is 25.1 Å². The quantitative estimate of drug-likeness (QED) is 0.874. The molecule has 0 radical (unpaired) electrons. The number of aromatic hydroxyl groups is 1. The Hall–Kier alpha value is -1.40. The molecule has 19 heavy (non-hydrogen) atoms. The average Bonchev–Trinajstić information content (AvgIpc) is 2.70. The summed E-state index contributed by atoms with van der Waals surface area (Å²) < 4.78 is 0. The van der Waals surface area contributed by atoms with Crippen molar-refractivity contribution in [2.24, 2.45) is 0 Å². The zero-order chi connectivity index (χ0) is 14.2. The Balaban J connectivity index is 2.34. The van der Waals surface area contributed by atoms with Crippen molar-refractivity contribution < 1.29 is 19.8 Å². The standard InChI is InChI=1S/C12H12ClNO4S/c1-6-14(9(5-19-6)12(17)18)11(16)8-3-2-7(13)4-10(8)15/h2-4,6,9,15H,5H2,1H3,(H,17,18). The molecule has 2 unspecified atom stereocenters. The van der Waals surface area contributed by atoms with E-state index in [1.165, 1.54) is 34.9 Å². The predicted octanol–water partition coefficient (Wildman–Crippen LogP) is 2.03. The van der Waals surface area contributed by atoms with Crippen LogP contribution in [0.4, 0.5) is 0 Å². The minimum absolute atomic E-state index is 0.0602. The van der Waals surface area contributed by atoms with E-state index in [2.05, 4.69) is 0 Å². The normalized spacial score (nSPS) is 22.5. The van der Waals surface area contributed by atoms with Crippen molar-refractivity contribution in [2.75, 3.05) is 5.75 Å². The number of aliphatic carboxylic acids is 1. The summed E-state index contributed by atoms with van der Waals surface area (Å²) in [6.45, 7) is 1.76. The summed E-state index contributed by atoms with van der Waals surface area (Å²) >= 11 is 7.10. The van der Waals surface area contributed by atoms with Crippen LogP contribution in [0.2, 0.25) is 5.02 Å². The lowest BCUT2D eigenvalue weighted by atomic mass is 10.1. The third kappa shape index (κ3) is 2.64. The van der Waals surface area contributed by atoms with Gasteiger partial charge in [0.1, 0.15) is 11.8 Å². The Morgan fingerprint density at radius 3 is 2.74 bits per heavy atom. The van der Waals surface area contributed by atoms with Gasteiger partial charge in [0.2, 0.25) is 0 Å². The van der Waals surface area contributed by atoms with Crippen LogP contribution in [0.5, 0.6) is 5.75 Å². The van der Waals surface area contributed by atoms with Gasteiger partial charge in [0.05, 0.1) is 10.9 Å². The van der Waals surface area contributed by atoms with E-state index in [4.69, 9.17) is 16.7 Å². The first-order valence-corrected chi connectivity index (χ1v) is 7.00. The van der Waals surface area contributed by atoms with E-state index in [0.717, 1.165) is 0 Å². The van der Waals surface area contributed by atoms with Gasteiger partial charge in [0.25, 0.3) is 5.91 Å². The van der Waals surface area contributed by atoms with Crippen LogP contribution in [-0.2, 0) is 4.79 Å². The van der Waals surface area contributed by atoms with Crippen molar-refractivity contribution in [1.29, 1.82) is 0 Å². The molecule has 1 aromatic rings. The summed E-state index contributed by atoms with van der Waals surface area (Å²) in [4.78, 5) is 24.8. The Bertz CT molecular complexity index is 536. The highest BCUT2D eigenvalue weighted by Gasteiger charge is 2.40. The van der Waals surface area contributed by atoms with Crippen molar-refractivity contribution >= 4 is 35.2 Å². The number of benzene rings is 1. The van der Waals surface area contributed by atoms with Crippen LogP contribution in [0.3, 0.4) is 0 Å². The number of amides is 1. The summed E-state index contributed by atoms with van der Waals surface area (Å²) in [6.07, 6.45) is 0. The van der Waals surface area contributed by atoms with E-state index < -0.39 is 17.9 Å². The number of phenols is 1. The summed E-state index contributed by atoms with van der Waals surface area (Å²) in [6, 6.07) is 3.27. The molecule has 5 nitrogen and oxygen atoms in total. The number of nitrogens with zero attached hydrogens (tertiary/aromatic N) is 1. The van der Waals surface area contributed by atoms with E-state index in [0.29, 0.717) is 10.8 Å². The fourth-order valence-corrected chi connectivity index (χ4v) is 3.30. The lowest BCUT2D eigenvalue weighted by molar-refractivity contribution is -0.141. The van der Waals surface area contributed by atoms with Gasteiger partial charge in [-0.2, -0.15) is 0 Å². The number of hydrogen-bond donors (Lipinski definition) is 2. The molecule has 1 aliphatic heterocycles. The Morgan fingerprint density at radius 2 is 2.16 bits per heavy atom. The minimum Gasteiger partial charge on any atom is -0.507 e. The molecule has 1 heterocycles. The number of carboxylic acid groups (broad SMARTS) is 1. The summed E-state index contributed by atoms with van der Waals surface area (Å²) in [7, 11) is 0. The van der Waals surface area contributed by atoms with Crippen LogP contribution in [0.15, 0.2) is 18.2 Å². The van der Waals surface area contributed by atoms with Crippen molar-refractivity contribution in [3.05, 3.63) is 28.8 Å². The maximum absolute atomic E-state index is 12.4. The zero-order valence-corrected chi connectivity index (χ0v) is 11.6.